The Kier molecular flexibility index (Phi) is 4.15. The fraction of sp³-hybridized carbons (Fsp3) is 0.400. The molecule has 3 aromatic heterocycles. The van der Waals surface area contributed by atoms with Crippen LogP contribution in [-0.4, -0.2) is 26.1 Å². The summed E-state index contributed by atoms with van der Waals surface area (Å²) in [6.07, 6.45) is 4.86. The Labute approximate surface area is 128 Å². The summed E-state index contributed by atoms with van der Waals surface area (Å²) >= 11 is 1.74. The first-order valence-electron chi connectivity index (χ1n) is 7.24. The minimum Gasteiger partial charge on any atom is -0.370 e. The van der Waals surface area contributed by atoms with E-state index in [4.69, 9.17) is 0 Å². The van der Waals surface area contributed by atoms with E-state index < -0.39 is 0 Å². The molecule has 0 aliphatic rings. The third kappa shape index (κ3) is 3.05. The van der Waals surface area contributed by atoms with Gasteiger partial charge in [0.1, 0.15) is 5.82 Å². The van der Waals surface area contributed by atoms with Gasteiger partial charge in [-0.1, -0.05) is 6.92 Å². The predicted molar refractivity (Wildman–Crippen MR) is 86.0 cm³/mol. The van der Waals surface area contributed by atoms with Gasteiger partial charge in [0.25, 0.3) is 0 Å². The van der Waals surface area contributed by atoms with Crippen molar-refractivity contribution in [2.75, 3.05) is 11.9 Å². The predicted octanol–water partition coefficient (Wildman–Crippen LogP) is 3.10. The van der Waals surface area contributed by atoms with Gasteiger partial charge in [0.05, 0.1) is 17.4 Å². The average Bonchev–Trinajstić information content (AvgIpc) is 3.12. The van der Waals surface area contributed by atoms with Crippen molar-refractivity contribution in [1.82, 2.24) is 19.6 Å². The van der Waals surface area contributed by atoms with Gasteiger partial charge in [-0.15, -0.1) is 11.3 Å². The van der Waals surface area contributed by atoms with Crippen LogP contribution in [0, 0.1) is 6.92 Å². The number of thiazole rings is 1. The van der Waals surface area contributed by atoms with Crippen LogP contribution < -0.4 is 5.32 Å². The number of rotatable bonds is 6. The fourth-order valence-electron chi connectivity index (χ4n) is 2.30. The Hall–Kier alpha value is -1.95. The molecule has 0 saturated heterocycles. The number of aromatic nitrogens is 4. The van der Waals surface area contributed by atoms with Crippen LogP contribution in [0.1, 0.15) is 29.6 Å². The van der Waals surface area contributed by atoms with Crippen molar-refractivity contribution in [3.05, 3.63) is 40.1 Å². The standard InChI is InChI=1S/C15H19N5S/c1-3-12-9-15(20-14(19-12)6-8-18-20)16-7-4-5-13-11(2)17-10-21-13/h6,8-10,16H,3-5,7H2,1-2H3. The van der Waals surface area contributed by atoms with Crippen LogP contribution in [0.2, 0.25) is 0 Å². The second kappa shape index (κ2) is 6.22. The number of hydrogen-bond acceptors (Lipinski definition) is 5. The Morgan fingerprint density at radius 1 is 1.38 bits per heavy atom. The molecule has 0 spiro atoms. The van der Waals surface area contributed by atoms with Crippen LogP contribution in [0.25, 0.3) is 5.65 Å². The van der Waals surface area contributed by atoms with E-state index in [0.29, 0.717) is 0 Å². The Morgan fingerprint density at radius 2 is 2.29 bits per heavy atom. The van der Waals surface area contributed by atoms with Crippen LogP contribution in [-0.2, 0) is 12.8 Å². The maximum absolute atomic E-state index is 4.55. The quantitative estimate of drug-likeness (QED) is 0.711. The molecule has 0 aliphatic heterocycles. The van der Waals surface area contributed by atoms with Crippen LogP contribution >= 0.6 is 11.3 Å². The monoisotopic (exact) mass is 301 g/mol. The average molecular weight is 301 g/mol. The van der Waals surface area contributed by atoms with E-state index in [9.17, 15) is 0 Å². The zero-order valence-corrected chi connectivity index (χ0v) is 13.2. The molecule has 0 aromatic carbocycles. The van der Waals surface area contributed by atoms with Gasteiger partial charge in [-0.05, 0) is 26.2 Å². The summed E-state index contributed by atoms with van der Waals surface area (Å²) in [5, 5.41) is 7.80. The highest BCUT2D eigenvalue weighted by Crippen LogP contribution is 2.15. The fourth-order valence-corrected chi connectivity index (χ4v) is 3.13. The molecule has 0 aliphatic carbocycles. The molecule has 5 nitrogen and oxygen atoms in total. The van der Waals surface area contributed by atoms with E-state index in [1.165, 1.54) is 4.88 Å². The SMILES string of the molecule is CCc1cc(NCCCc2scnc2C)n2nccc2n1. The maximum atomic E-state index is 4.55. The van der Waals surface area contributed by atoms with E-state index in [-0.39, 0.29) is 0 Å². The molecule has 6 heteroatoms. The van der Waals surface area contributed by atoms with Crippen LogP contribution in [0.5, 0.6) is 0 Å². The summed E-state index contributed by atoms with van der Waals surface area (Å²) in [6.45, 7) is 5.11. The zero-order chi connectivity index (χ0) is 14.7. The maximum Gasteiger partial charge on any atom is 0.157 e. The molecule has 0 fully saturated rings. The van der Waals surface area contributed by atoms with Crippen LogP contribution in [0.3, 0.4) is 0 Å². The smallest absolute Gasteiger partial charge is 0.157 e. The van der Waals surface area contributed by atoms with Crippen molar-refractivity contribution in [2.45, 2.75) is 33.1 Å². The normalized spacial score (nSPS) is 11.1. The van der Waals surface area contributed by atoms with Gasteiger partial charge in [-0.25, -0.2) is 9.97 Å². The molecule has 3 aromatic rings. The highest BCUT2D eigenvalue weighted by molar-refractivity contribution is 7.09. The van der Waals surface area contributed by atoms with Crippen molar-refractivity contribution in [1.29, 1.82) is 0 Å². The minimum atomic E-state index is 0.898. The second-order valence-electron chi connectivity index (χ2n) is 4.98. The Balaban J connectivity index is 1.65. The number of hydrogen-bond donors (Lipinski definition) is 1. The third-order valence-corrected chi connectivity index (χ3v) is 4.50. The van der Waals surface area contributed by atoms with Crippen LogP contribution in [0.15, 0.2) is 23.8 Å². The molecule has 0 saturated carbocycles. The van der Waals surface area contributed by atoms with Crippen molar-refractivity contribution in [3.8, 4) is 0 Å². The molecule has 0 radical (unpaired) electrons. The lowest BCUT2D eigenvalue weighted by molar-refractivity contribution is 0.841. The highest BCUT2D eigenvalue weighted by Gasteiger charge is 2.06. The zero-order valence-electron chi connectivity index (χ0n) is 12.3. The Bertz CT molecular complexity index is 731. The minimum absolute atomic E-state index is 0.898. The first-order chi connectivity index (χ1) is 10.3. The van der Waals surface area contributed by atoms with Crippen molar-refractivity contribution < 1.29 is 0 Å². The number of fused-ring (bicyclic) bond motifs is 1. The van der Waals surface area contributed by atoms with Gasteiger partial charge in [0.15, 0.2) is 5.65 Å². The second-order valence-corrected chi connectivity index (χ2v) is 5.92. The molecule has 3 heterocycles. The lowest BCUT2D eigenvalue weighted by Crippen LogP contribution is -2.09. The molecule has 0 bridgehead atoms. The number of nitrogens with zero attached hydrogens (tertiary/aromatic N) is 4. The Morgan fingerprint density at radius 3 is 3.05 bits per heavy atom. The summed E-state index contributed by atoms with van der Waals surface area (Å²) in [5.74, 6) is 1.02. The van der Waals surface area contributed by atoms with Gasteiger partial charge < -0.3 is 5.32 Å². The van der Waals surface area contributed by atoms with Gasteiger partial charge in [0, 0.05) is 29.2 Å². The number of anilines is 1. The van der Waals surface area contributed by atoms with E-state index in [1.54, 1.807) is 17.5 Å². The summed E-state index contributed by atoms with van der Waals surface area (Å²) in [7, 11) is 0. The number of aryl methyl sites for hydroxylation is 3. The molecule has 1 N–H and O–H groups in total. The molecule has 0 amide bonds. The molecular weight excluding hydrogens is 282 g/mol. The molecule has 110 valence electrons. The van der Waals surface area contributed by atoms with Crippen LogP contribution in [0.4, 0.5) is 5.82 Å². The van der Waals surface area contributed by atoms with Crippen molar-refractivity contribution in [2.24, 2.45) is 0 Å². The molecule has 0 atom stereocenters. The molecule has 21 heavy (non-hydrogen) atoms. The lowest BCUT2D eigenvalue weighted by Gasteiger charge is -2.09. The largest absolute Gasteiger partial charge is 0.370 e. The van der Waals surface area contributed by atoms with Gasteiger partial charge >= 0.3 is 0 Å². The van der Waals surface area contributed by atoms with E-state index in [1.807, 2.05) is 16.1 Å². The summed E-state index contributed by atoms with van der Waals surface area (Å²) in [5.41, 5.74) is 5.06. The number of nitrogens with one attached hydrogen (secondary N) is 1. The van der Waals surface area contributed by atoms with Gasteiger partial charge in [0.2, 0.25) is 0 Å². The van der Waals surface area contributed by atoms with E-state index >= 15 is 0 Å². The van der Waals surface area contributed by atoms with Gasteiger partial charge in [-0.3, -0.25) is 0 Å². The summed E-state index contributed by atoms with van der Waals surface area (Å²) in [6, 6.07) is 4.02. The summed E-state index contributed by atoms with van der Waals surface area (Å²) in [4.78, 5) is 10.2. The summed E-state index contributed by atoms with van der Waals surface area (Å²) < 4.78 is 1.86. The van der Waals surface area contributed by atoms with Gasteiger partial charge in [-0.2, -0.15) is 9.61 Å². The molecule has 3 rings (SSSR count). The van der Waals surface area contributed by atoms with E-state index in [0.717, 1.165) is 48.7 Å². The van der Waals surface area contributed by atoms with Crippen molar-refractivity contribution >= 4 is 22.8 Å². The van der Waals surface area contributed by atoms with Crippen molar-refractivity contribution in [3.63, 3.8) is 0 Å². The first-order valence-corrected chi connectivity index (χ1v) is 8.12. The first kappa shape index (κ1) is 14.0. The highest BCUT2D eigenvalue weighted by atomic mass is 32.1. The van der Waals surface area contributed by atoms with E-state index in [2.05, 4.69) is 40.3 Å². The topological polar surface area (TPSA) is 55.1 Å². The third-order valence-electron chi connectivity index (χ3n) is 3.51. The molecular formula is C15H19N5S. The molecule has 0 unspecified atom stereocenters. The lowest BCUT2D eigenvalue weighted by atomic mass is 10.2.